The monoisotopic (exact) mass is 491 g/mol. The molecule has 0 aliphatic carbocycles. The van der Waals surface area contributed by atoms with E-state index < -0.39 is 5.41 Å². The van der Waals surface area contributed by atoms with Gasteiger partial charge in [0.2, 0.25) is 5.88 Å². The number of imidazole rings is 1. The molecule has 1 aliphatic rings. The number of aryl methyl sites for hydroxylation is 1. The van der Waals surface area contributed by atoms with Crippen LogP contribution in [-0.4, -0.2) is 58.7 Å². The summed E-state index contributed by atoms with van der Waals surface area (Å²) in [5.41, 5.74) is 3.70. The molecule has 8 nitrogen and oxygen atoms in total. The van der Waals surface area contributed by atoms with Crippen LogP contribution in [0.3, 0.4) is 0 Å². The van der Waals surface area contributed by atoms with Crippen molar-refractivity contribution in [1.82, 2.24) is 19.4 Å². The molecule has 0 atom stereocenters. The van der Waals surface area contributed by atoms with Crippen LogP contribution >= 0.6 is 0 Å². The van der Waals surface area contributed by atoms with Crippen molar-refractivity contribution in [2.75, 3.05) is 38.2 Å². The second-order valence-electron chi connectivity index (χ2n) is 10.1. The molecule has 36 heavy (non-hydrogen) atoms. The van der Waals surface area contributed by atoms with Gasteiger partial charge in [0.15, 0.2) is 11.5 Å². The molecule has 1 aliphatic heterocycles. The van der Waals surface area contributed by atoms with E-state index in [0.717, 1.165) is 27.8 Å². The molecule has 4 aromatic rings. The van der Waals surface area contributed by atoms with Crippen molar-refractivity contribution in [2.24, 2.45) is 5.41 Å². The summed E-state index contributed by atoms with van der Waals surface area (Å²) < 4.78 is 22.1. The second kappa shape index (κ2) is 9.05. The van der Waals surface area contributed by atoms with Crippen LogP contribution < -0.4 is 9.64 Å². The minimum absolute atomic E-state index is 0.242. The molecule has 0 spiro atoms. The predicted molar refractivity (Wildman–Crippen MR) is 137 cm³/mol. The first kappa shape index (κ1) is 24.0. The van der Waals surface area contributed by atoms with Crippen LogP contribution in [0.5, 0.6) is 5.88 Å². The summed E-state index contributed by atoms with van der Waals surface area (Å²) >= 11 is 0. The maximum atomic E-state index is 14.9. The van der Waals surface area contributed by atoms with Gasteiger partial charge in [-0.2, -0.15) is 0 Å². The predicted octanol–water partition coefficient (Wildman–Crippen LogP) is 4.63. The Hall–Kier alpha value is -3.72. The molecule has 5 rings (SSSR count). The number of carbonyl (C=O) groups excluding carboxylic acids is 1. The molecule has 188 valence electrons. The van der Waals surface area contributed by atoms with Gasteiger partial charge in [-0.1, -0.05) is 18.2 Å². The SMILES string of the molecule is COc1cc(N2CCN(OC(=O)C(C)(C)C)CC2)c2cccc(-c3cc(F)c4nc(C)cn4c3)c2n1. The van der Waals surface area contributed by atoms with Crippen LogP contribution in [0.2, 0.25) is 0 Å². The number of para-hydroxylation sites is 1. The van der Waals surface area contributed by atoms with Crippen molar-refractivity contribution >= 4 is 28.2 Å². The number of carbonyl (C=O) groups is 1. The molecule has 0 saturated carbocycles. The molecule has 4 heterocycles. The van der Waals surface area contributed by atoms with Gasteiger partial charge in [0.25, 0.3) is 0 Å². The number of pyridine rings is 2. The van der Waals surface area contributed by atoms with Crippen molar-refractivity contribution in [3.8, 4) is 17.0 Å². The first-order valence-electron chi connectivity index (χ1n) is 12.0. The Morgan fingerprint density at radius 2 is 1.81 bits per heavy atom. The van der Waals surface area contributed by atoms with Crippen LogP contribution in [0, 0.1) is 18.2 Å². The Morgan fingerprint density at radius 3 is 2.50 bits per heavy atom. The van der Waals surface area contributed by atoms with Crippen LogP contribution in [-0.2, 0) is 9.63 Å². The van der Waals surface area contributed by atoms with Gasteiger partial charge in [-0.15, -0.1) is 5.06 Å². The average molecular weight is 492 g/mol. The molecular weight excluding hydrogens is 461 g/mol. The molecule has 1 aromatic carbocycles. The van der Waals surface area contributed by atoms with E-state index in [1.165, 1.54) is 6.07 Å². The smallest absolute Gasteiger partial charge is 0.330 e. The summed E-state index contributed by atoms with van der Waals surface area (Å²) in [6, 6.07) is 9.33. The van der Waals surface area contributed by atoms with Crippen LogP contribution in [0.1, 0.15) is 26.5 Å². The third-order valence-corrected chi connectivity index (χ3v) is 6.34. The summed E-state index contributed by atoms with van der Waals surface area (Å²) in [4.78, 5) is 29.1. The standard InChI is InChI=1S/C27H30FN5O3/c1-17-15-32-16-18(13-21(28)25(32)29-17)19-7-6-8-20-22(14-23(35-5)30-24(19)20)31-9-11-33(12-10-31)36-26(34)27(2,3)4/h6-8,13-16H,9-12H2,1-5H3. The zero-order valence-electron chi connectivity index (χ0n) is 21.2. The number of piperazine rings is 1. The van der Waals surface area contributed by atoms with Crippen molar-refractivity contribution in [1.29, 1.82) is 0 Å². The summed E-state index contributed by atoms with van der Waals surface area (Å²) in [5, 5.41) is 2.66. The summed E-state index contributed by atoms with van der Waals surface area (Å²) in [6.07, 6.45) is 3.68. The average Bonchev–Trinajstić information content (AvgIpc) is 3.23. The zero-order valence-corrected chi connectivity index (χ0v) is 21.2. The van der Waals surface area contributed by atoms with Gasteiger partial charge >= 0.3 is 5.97 Å². The minimum Gasteiger partial charge on any atom is -0.481 e. The molecule has 0 bridgehead atoms. The normalized spacial score (nSPS) is 15.0. The molecule has 0 amide bonds. The van der Waals surface area contributed by atoms with Gasteiger partial charge in [-0.05, 0) is 33.8 Å². The second-order valence-corrected chi connectivity index (χ2v) is 10.1. The molecule has 1 fully saturated rings. The van der Waals surface area contributed by atoms with Crippen molar-refractivity contribution < 1.29 is 18.8 Å². The lowest BCUT2D eigenvalue weighted by atomic mass is 9.98. The largest absolute Gasteiger partial charge is 0.481 e. The van der Waals surface area contributed by atoms with Gasteiger partial charge in [0, 0.05) is 48.1 Å². The van der Waals surface area contributed by atoms with Gasteiger partial charge in [-0.3, -0.25) is 0 Å². The van der Waals surface area contributed by atoms with Crippen molar-refractivity contribution in [3.63, 3.8) is 0 Å². The number of anilines is 1. The van der Waals surface area contributed by atoms with Gasteiger partial charge in [-0.25, -0.2) is 19.2 Å². The first-order chi connectivity index (χ1) is 17.1. The fourth-order valence-corrected chi connectivity index (χ4v) is 4.41. The van der Waals surface area contributed by atoms with Gasteiger partial charge < -0.3 is 18.9 Å². The number of hydrogen-bond donors (Lipinski definition) is 0. The Morgan fingerprint density at radius 1 is 1.06 bits per heavy atom. The summed E-state index contributed by atoms with van der Waals surface area (Å²) in [5.74, 6) is -0.151. The molecule has 0 radical (unpaired) electrons. The quantitative estimate of drug-likeness (QED) is 0.412. The molecule has 0 N–H and O–H groups in total. The highest BCUT2D eigenvalue weighted by molar-refractivity contribution is 6.01. The zero-order chi connectivity index (χ0) is 25.6. The van der Waals surface area contributed by atoms with Crippen LogP contribution in [0.25, 0.3) is 27.7 Å². The summed E-state index contributed by atoms with van der Waals surface area (Å²) in [6.45, 7) is 9.86. The lowest BCUT2D eigenvalue weighted by Gasteiger charge is -2.36. The lowest BCUT2D eigenvalue weighted by molar-refractivity contribution is -0.201. The highest BCUT2D eigenvalue weighted by Gasteiger charge is 2.28. The van der Waals surface area contributed by atoms with Gasteiger partial charge in [0.1, 0.15) is 0 Å². The van der Waals surface area contributed by atoms with E-state index in [2.05, 4.69) is 9.88 Å². The Balaban J connectivity index is 1.51. The first-order valence-corrected chi connectivity index (χ1v) is 12.0. The highest BCUT2D eigenvalue weighted by atomic mass is 19.1. The van der Waals surface area contributed by atoms with E-state index >= 15 is 0 Å². The number of rotatable bonds is 4. The number of aromatic nitrogens is 3. The third-order valence-electron chi connectivity index (χ3n) is 6.34. The molecule has 0 unspecified atom stereocenters. The number of hydroxylamine groups is 2. The molecule has 1 saturated heterocycles. The topological polar surface area (TPSA) is 72.2 Å². The van der Waals surface area contributed by atoms with E-state index in [4.69, 9.17) is 14.6 Å². The van der Waals surface area contributed by atoms with Crippen molar-refractivity contribution in [3.05, 3.63) is 54.2 Å². The lowest BCUT2D eigenvalue weighted by Crippen LogP contribution is -2.48. The summed E-state index contributed by atoms with van der Waals surface area (Å²) in [7, 11) is 1.59. The Bertz CT molecular complexity index is 1450. The number of halogens is 1. The number of benzene rings is 1. The highest BCUT2D eigenvalue weighted by Crippen LogP contribution is 2.36. The van der Waals surface area contributed by atoms with E-state index in [1.807, 2.05) is 58.2 Å². The number of nitrogens with zero attached hydrogens (tertiary/aromatic N) is 5. The van der Waals surface area contributed by atoms with E-state index in [-0.39, 0.29) is 11.8 Å². The van der Waals surface area contributed by atoms with Gasteiger partial charge in [0.05, 0.1) is 42.5 Å². The molecule has 3 aromatic heterocycles. The van der Waals surface area contributed by atoms with Crippen molar-refractivity contribution in [2.45, 2.75) is 27.7 Å². The molecule has 9 heteroatoms. The number of fused-ring (bicyclic) bond motifs is 2. The Labute approximate surface area is 209 Å². The van der Waals surface area contributed by atoms with E-state index in [0.29, 0.717) is 43.3 Å². The minimum atomic E-state index is -0.555. The molecular formula is C27H30FN5O3. The fraction of sp³-hybridized carbons (Fsp3) is 0.370. The van der Waals surface area contributed by atoms with Crippen LogP contribution in [0.4, 0.5) is 10.1 Å². The van der Waals surface area contributed by atoms with Crippen LogP contribution in [0.15, 0.2) is 42.7 Å². The van der Waals surface area contributed by atoms with E-state index in [1.54, 1.807) is 22.8 Å². The maximum Gasteiger partial charge on any atom is 0.330 e. The fourth-order valence-electron chi connectivity index (χ4n) is 4.41. The van der Waals surface area contributed by atoms with E-state index in [9.17, 15) is 9.18 Å². The number of hydrogen-bond acceptors (Lipinski definition) is 7. The number of ether oxygens (including phenoxy) is 1. The number of methoxy groups -OCH3 is 1. The third kappa shape index (κ3) is 4.46. The Kier molecular flexibility index (Phi) is 6.04. The maximum absolute atomic E-state index is 14.9.